The van der Waals surface area contributed by atoms with Crippen molar-refractivity contribution >= 4 is 116 Å². The van der Waals surface area contributed by atoms with Crippen molar-refractivity contribution < 1.29 is 0 Å². The number of thiophene rings is 3. The maximum absolute atomic E-state index is 5.33. The molecule has 13 aromatic rings. The van der Waals surface area contributed by atoms with Gasteiger partial charge >= 0.3 is 0 Å². The number of benzene rings is 9. The van der Waals surface area contributed by atoms with E-state index in [2.05, 4.69) is 176 Å². The third kappa shape index (κ3) is 5.16. The van der Waals surface area contributed by atoms with Gasteiger partial charge in [0.2, 0.25) is 0 Å². The Bertz CT molecular complexity index is 3620. The normalized spacial score (nSPS) is 12.1. The van der Waals surface area contributed by atoms with Crippen LogP contribution >= 0.6 is 34.0 Å². The van der Waals surface area contributed by atoms with E-state index >= 15 is 0 Å². The lowest BCUT2D eigenvalue weighted by atomic mass is 9.96. The Hall–Kier alpha value is -6.76. The van der Waals surface area contributed by atoms with E-state index in [-0.39, 0.29) is 0 Å². The van der Waals surface area contributed by atoms with Crippen LogP contribution in [0.15, 0.2) is 182 Å². The third-order valence-corrected chi connectivity index (χ3v) is 15.4. The van der Waals surface area contributed by atoms with Crippen molar-refractivity contribution in [2.75, 3.05) is 0 Å². The minimum Gasteiger partial charge on any atom is -0.243 e. The molecule has 0 amide bonds. The molecule has 0 saturated carbocycles. The highest BCUT2D eigenvalue weighted by atomic mass is 32.1. The second kappa shape index (κ2) is 12.9. The molecular weight excluding hydrogens is 773 g/mol. The fourth-order valence-corrected chi connectivity index (χ4v) is 12.6. The molecule has 0 N–H and O–H groups in total. The fourth-order valence-electron chi connectivity index (χ4n) is 9.16. The van der Waals surface area contributed by atoms with Gasteiger partial charge in [-0.05, 0) is 91.3 Å². The van der Waals surface area contributed by atoms with Crippen molar-refractivity contribution in [3.8, 4) is 44.6 Å². The monoisotopic (exact) mass is 802 g/mol. The molecule has 274 valence electrons. The predicted molar refractivity (Wildman–Crippen MR) is 257 cm³/mol. The first kappa shape index (κ1) is 33.2. The van der Waals surface area contributed by atoms with Gasteiger partial charge in [0.25, 0.3) is 0 Å². The first-order chi connectivity index (χ1) is 29.2. The van der Waals surface area contributed by atoms with E-state index in [0.717, 1.165) is 27.0 Å². The summed E-state index contributed by atoms with van der Waals surface area (Å²) < 4.78 is 6.48. The number of hydrogen-bond acceptors (Lipinski definition) is 5. The van der Waals surface area contributed by atoms with Crippen LogP contribution < -0.4 is 0 Å². The highest BCUT2D eigenvalue weighted by Gasteiger charge is 2.17. The van der Waals surface area contributed by atoms with Gasteiger partial charge in [-0.2, -0.15) is 0 Å². The molecule has 59 heavy (non-hydrogen) atoms. The van der Waals surface area contributed by atoms with E-state index in [9.17, 15) is 0 Å². The van der Waals surface area contributed by atoms with E-state index in [1.165, 1.54) is 100.0 Å². The van der Waals surface area contributed by atoms with Crippen molar-refractivity contribution in [1.29, 1.82) is 0 Å². The largest absolute Gasteiger partial charge is 0.243 e. The molecule has 0 bridgehead atoms. The van der Waals surface area contributed by atoms with Crippen molar-refractivity contribution in [1.82, 2.24) is 9.97 Å². The molecule has 0 aliphatic rings. The van der Waals surface area contributed by atoms with Gasteiger partial charge in [0.1, 0.15) is 10.3 Å². The molecule has 0 unspecified atom stereocenters. The molecule has 0 radical (unpaired) electrons. The lowest BCUT2D eigenvalue weighted by molar-refractivity contribution is 1.32. The minimum absolute atomic E-state index is 0.880. The van der Waals surface area contributed by atoms with Crippen LogP contribution in [-0.4, -0.2) is 9.97 Å². The third-order valence-electron chi connectivity index (χ3n) is 11.9. The lowest BCUT2D eigenvalue weighted by Crippen LogP contribution is -1.88. The van der Waals surface area contributed by atoms with Crippen LogP contribution in [0.3, 0.4) is 0 Å². The standard InChI is InChI=1S/C54H30N2S3/c1-3-15-38-31(9-1)21-25-47-49(38)42-19-7-17-40(52(42)57-47)35-12-5-11-33(27-35)34-23-24-46-44(29-34)51-54(59-46)55-30-45(56-51)37-14-6-13-36(28-37)41-18-8-20-43-50-39-16-4-2-10-32(39)22-26-48(50)58-53(41)43/h1-30H. The SMILES string of the molecule is c1cc(-c2ccc3sc4ncc(-c5cccc(-c6cccc7c6sc6ccc8ccccc8c67)c5)nc4c3c2)cc(-c2cccc3c2sc2ccc4ccccc4c23)c1. The summed E-state index contributed by atoms with van der Waals surface area (Å²) in [4.78, 5) is 11.3. The van der Waals surface area contributed by atoms with E-state index in [1.807, 2.05) is 28.9 Å². The molecule has 0 fully saturated rings. The number of aromatic nitrogens is 2. The maximum atomic E-state index is 5.33. The molecule has 13 rings (SSSR count). The first-order valence-electron chi connectivity index (χ1n) is 19.8. The molecule has 0 saturated heterocycles. The van der Waals surface area contributed by atoms with Crippen LogP contribution in [0.5, 0.6) is 0 Å². The number of fused-ring (bicyclic) bond motifs is 13. The average molecular weight is 803 g/mol. The summed E-state index contributed by atoms with van der Waals surface area (Å²) in [6.07, 6.45) is 1.94. The van der Waals surface area contributed by atoms with Crippen LogP contribution in [-0.2, 0) is 0 Å². The lowest BCUT2D eigenvalue weighted by Gasteiger charge is -2.08. The highest BCUT2D eigenvalue weighted by Crippen LogP contribution is 2.45. The van der Waals surface area contributed by atoms with Gasteiger partial charge in [0, 0.05) is 56.0 Å². The average Bonchev–Trinajstić information content (AvgIpc) is 4.00. The number of hydrogen-bond donors (Lipinski definition) is 0. The zero-order valence-corrected chi connectivity index (χ0v) is 33.9. The van der Waals surface area contributed by atoms with Crippen LogP contribution in [0, 0.1) is 0 Å². The Kier molecular flexibility index (Phi) is 7.25. The van der Waals surface area contributed by atoms with Gasteiger partial charge in [0.05, 0.1) is 11.9 Å². The Balaban J connectivity index is 0.891. The maximum Gasteiger partial charge on any atom is 0.143 e. The number of nitrogens with zero attached hydrogens (tertiary/aromatic N) is 2. The molecule has 0 atom stereocenters. The number of rotatable bonds is 4. The summed E-state index contributed by atoms with van der Waals surface area (Å²) in [6, 6.07) is 64.5. The van der Waals surface area contributed by atoms with E-state index in [1.54, 1.807) is 11.3 Å². The first-order valence-corrected chi connectivity index (χ1v) is 22.2. The topological polar surface area (TPSA) is 25.8 Å². The van der Waals surface area contributed by atoms with Crippen LogP contribution in [0.25, 0.3) is 127 Å². The molecule has 9 aromatic carbocycles. The smallest absolute Gasteiger partial charge is 0.143 e. The second-order valence-corrected chi connectivity index (χ2v) is 18.4. The Morgan fingerprint density at radius 2 is 0.881 bits per heavy atom. The quantitative estimate of drug-likeness (QED) is 0.177. The van der Waals surface area contributed by atoms with Gasteiger partial charge < -0.3 is 0 Å². The second-order valence-electron chi connectivity index (χ2n) is 15.3. The molecule has 0 aliphatic heterocycles. The summed E-state index contributed by atoms with van der Waals surface area (Å²) in [6.45, 7) is 0. The van der Waals surface area contributed by atoms with Gasteiger partial charge in [-0.3, -0.25) is 0 Å². The van der Waals surface area contributed by atoms with Gasteiger partial charge in [-0.15, -0.1) is 34.0 Å². The van der Waals surface area contributed by atoms with E-state index in [4.69, 9.17) is 9.97 Å². The summed E-state index contributed by atoms with van der Waals surface area (Å²) >= 11 is 5.48. The minimum atomic E-state index is 0.880. The molecule has 0 spiro atoms. The molecule has 2 nitrogen and oxygen atoms in total. The van der Waals surface area contributed by atoms with Crippen LogP contribution in [0.4, 0.5) is 0 Å². The van der Waals surface area contributed by atoms with Gasteiger partial charge in [-0.1, -0.05) is 140 Å². The van der Waals surface area contributed by atoms with Crippen molar-refractivity contribution in [3.63, 3.8) is 0 Å². The summed E-state index contributed by atoms with van der Waals surface area (Å²) in [5, 5.41) is 11.6. The van der Waals surface area contributed by atoms with Crippen molar-refractivity contribution in [2.45, 2.75) is 0 Å². The fraction of sp³-hybridized carbons (Fsp3) is 0. The van der Waals surface area contributed by atoms with Crippen molar-refractivity contribution in [2.24, 2.45) is 0 Å². The Morgan fingerprint density at radius 1 is 0.356 bits per heavy atom. The van der Waals surface area contributed by atoms with Crippen LogP contribution in [0.1, 0.15) is 0 Å². The highest BCUT2D eigenvalue weighted by molar-refractivity contribution is 7.27. The van der Waals surface area contributed by atoms with Gasteiger partial charge in [-0.25, -0.2) is 9.97 Å². The predicted octanol–water partition coefficient (Wildman–Crippen LogP) is 16.6. The van der Waals surface area contributed by atoms with E-state index < -0.39 is 0 Å². The van der Waals surface area contributed by atoms with E-state index in [0.29, 0.717) is 0 Å². The molecule has 4 heterocycles. The zero-order valence-electron chi connectivity index (χ0n) is 31.4. The summed E-state index contributed by atoms with van der Waals surface area (Å²) in [5.41, 5.74) is 10.2. The molecule has 4 aromatic heterocycles. The van der Waals surface area contributed by atoms with Crippen molar-refractivity contribution in [3.05, 3.63) is 182 Å². The molecular formula is C54H30N2S3. The Labute approximate surface area is 350 Å². The molecule has 5 heteroatoms. The Morgan fingerprint density at radius 3 is 1.54 bits per heavy atom. The summed E-state index contributed by atoms with van der Waals surface area (Å²) in [7, 11) is 0. The van der Waals surface area contributed by atoms with Crippen LogP contribution in [0.2, 0.25) is 0 Å². The zero-order chi connectivity index (χ0) is 38.6. The molecule has 0 aliphatic carbocycles. The summed E-state index contributed by atoms with van der Waals surface area (Å²) in [5.74, 6) is 0. The van der Waals surface area contributed by atoms with Gasteiger partial charge in [0.15, 0.2) is 0 Å².